The SMILES string of the molecule is CC[C@@H](C)C(=O)N1CC[C@@H](c2nc3c(c(=O)[nH]2)CCN(C(=O)c2ccccc2F)C3)C1. The van der Waals surface area contributed by atoms with Crippen molar-refractivity contribution < 1.29 is 14.0 Å². The van der Waals surface area contributed by atoms with Gasteiger partial charge in [-0.05, 0) is 31.4 Å². The van der Waals surface area contributed by atoms with Crippen molar-refractivity contribution in [3.63, 3.8) is 0 Å². The topological polar surface area (TPSA) is 86.4 Å². The number of amides is 2. The number of H-pyrrole nitrogens is 1. The van der Waals surface area contributed by atoms with Gasteiger partial charge in [-0.2, -0.15) is 0 Å². The van der Waals surface area contributed by atoms with Crippen LogP contribution >= 0.6 is 0 Å². The molecule has 0 radical (unpaired) electrons. The van der Waals surface area contributed by atoms with E-state index in [9.17, 15) is 18.8 Å². The lowest BCUT2D eigenvalue weighted by Gasteiger charge is -2.28. The van der Waals surface area contributed by atoms with Gasteiger partial charge in [0.25, 0.3) is 11.5 Å². The summed E-state index contributed by atoms with van der Waals surface area (Å²) in [5.41, 5.74) is 0.962. The Labute approximate surface area is 180 Å². The largest absolute Gasteiger partial charge is 0.342 e. The summed E-state index contributed by atoms with van der Waals surface area (Å²) in [6.45, 7) is 5.60. The van der Waals surface area contributed by atoms with Crippen molar-refractivity contribution in [3.8, 4) is 0 Å². The van der Waals surface area contributed by atoms with Crippen LogP contribution in [0.4, 0.5) is 4.39 Å². The van der Waals surface area contributed by atoms with Crippen molar-refractivity contribution in [2.75, 3.05) is 19.6 Å². The second kappa shape index (κ2) is 8.61. The zero-order chi connectivity index (χ0) is 22.1. The smallest absolute Gasteiger partial charge is 0.257 e. The van der Waals surface area contributed by atoms with E-state index in [1.165, 1.54) is 17.0 Å². The third-order valence-electron chi connectivity index (χ3n) is 6.40. The van der Waals surface area contributed by atoms with Crippen molar-refractivity contribution >= 4 is 11.8 Å². The van der Waals surface area contributed by atoms with E-state index < -0.39 is 11.7 Å². The minimum atomic E-state index is -0.560. The quantitative estimate of drug-likeness (QED) is 0.814. The second-order valence-electron chi connectivity index (χ2n) is 8.41. The van der Waals surface area contributed by atoms with Crippen LogP contribution in [0.3, 0.4) is 0 Å². The number of fused-ring (bicyclic) bond motifs is 1. The highest BCUT2D eigenvalue weighted by Crippen LogP contribution is 2.27. The summed E-state index contributed by atoms with van der Waals surface area (Å²) in [7, 11) is 0. The number of carbonyl (C=O) groups is 2. The predicted molar refractivity (Wildman–Crippen MR) is 113 cm³/mol. The van der Waals surface area contributed by atoms with E-state index in [0.717, 1.165) is 12.8 Å². The van der Waals surface area contributed by atoms with E-state index >= 15 is 0 Å². The van der Waals surface area contributed by atoms with Crippen molar-refractivity contribution in [1.29, 1.82) is 0 Å². The average molecular weight is 426 g/mol. The van der Waals surface area contributed by atoms with Gasteiger partial charge in [-0.1, -0.05) is 26.0 Å². The maximum Gasteiger partial charge on any atom is 0.257 e. The molecule has 7 nitrogen and oxygen atoms in total. The fourth-order valence-electron chi connectivity index (χ4n) is 4.30. The number of nitrogens with one attached hydrogen (secondary N) is 1. The Balaban J connectivity index is 1.54. The van der Waals surface area contributed by atoms with Gasteiger partial charge in [0.05, 0.1) is 17.8 Å². The molecule has 164 valence electrons. The number of hydrogen-bond donors (Lipinski definition) is 1. The molecular weight excluding hydrogens is 399 g/mol. The predicted octanol–water partition coefficient (Wildman–Crippen LogP) is 2.47. The lowest BCUT2D eigenvalue weighted by Crippen LogP contribution is -2.40. The highest BCUT2D eigenvalue weighted by Gasteiger charge is 2.32. The van der Waals surface area contributed by atoms with E-state index in [2.05, 4.69) is 9.97 Å². The number of likely N-dealkylation sites (tertiary alicyclic amines) is 1. The number of hydrogen-bond acceptors (Lipinski definition) is 4. The number of aromatic nitrogens is 2. The first-order valence-corrected chi connectivity index (χ1v) is 10.8. The summed E-state index contributed by atoms with van der Waals surface area (Å²) < 4.78 is 14.1. The van der Waals surface area contributed by atoms with Crippen molar-refractivity contribution in [1.82, 2.24) is 19.8 Å². The van der Waals surface area contributed by atoms with Crippen LogP contribution in [0.25, 0.3) is 0 Å². The Bertz CT molecular complexity index is 1070. The number of carbonyl (C=O) groups excluding carboxylic acids is 2. The minimum absolute atomic E-state index is 0.0194. The molecule has 1 aromatic carbocycles. The van der Waals surface area contributed by atoms with Gasteiger partial charge in [-0.25, -0.2) is 9.37 Å². The zero-order valence-corrected chi connectivity index (χ0v) is 17.9. The Hall–Kier alpha value is -3.03. The summed E-state index contributed by atoms with van der Waals surface area (Å²) in [6, 6.07) is 5.90. The first-order valence-electron chi connectivity index (χ1n) is 10.8. The molecule has 0 bridgehead atoms. The van der Waals surface area contributed by atoms with Gasteiger partial charge in [0, 0.05) is 37.0 Å². The highest BCUT2D eigenvalue weighted by atomic mass is 19.1. The lowest BCUT2D eigenvalue weighted by molar-refractivity contribution is -0.134. The van der Waals surface area contributed by atoms with Gasteiger partial charge in [0.2, 0.25) is 5.91 Å². The van der Waals surface area contributed by atoms with Crippen LogP contribution < -0.4 is 5.56 Å². The van der Waals surface area contributed by atoms with Crippen LogP contribution in [0.2, 0.25) is 0 Å². The summed E-state index contributed by atoms with van der Waals surface area (Å²) in [6.07, 6.45) is 1.91. The van der Waals surface area contributed by atoms with Gasteiger partial charge < -0.3 is 14.8 Å². The van der Waals surface area contributed by atoms with Crippen LogP contribution in [0.5, 0.6) is 0 Å². The number of rotatable bonds is 4. The number of nitrogens with zero attached hydrogens (tertiary/aromatic N) is 3. The molecule has 1 N–H and O–H groups in total. The lowest BCUT2D eigenvalue weighted by atomic mass is 10.0. The Morgan fingerprint density at radius 2 is 2.03 bits per heavy atom. The number of benzene rings is 1. The molecular formula is C23H27FN4O3. The first-order chi connectivity index (χ1) is 14.9. The maximum atomic E-state index is 14.1. The standard InChI is InChI=1S/C23H27FN4O3/c1-3-14(2)22(30)27-10-8-15(12-27)20-25-19-13-28(11-9-17(19)21(29)26-20)23(31)16-6-4-5-7-18(16)24/h4-7,14-15H,3,8-13H2,1-2H3,(H,25,26,29)/t14-,15-/m1/s1. The summed E-state index contributed by atoms with van der Waals surface area (Å²) in [5.74, 6) is -0.334. The molecule has 0 unspecified atom stereocenters. The van der Waals surface area contributed by atoms with Crippen molar-refractivity contribution in [2.24, 2.45) is 5.92 Å². The summed E-state index contributed by atoms with van der Waals surface area (Å²) >= 11 is 0. The molecule has 1 saturated heterocycles. The fourth-order valence-corrected chi connectivity index (χ4v) is 4.30. The molecule has 3 heterocycles. The molecule has 1 aromatic heterocycles. The van der Waals surface area contributed by atoms with Crippen molar-refractivity contribution in [3.05, 3.63) is 63.1 Å². The molecule has 2 amide bonds. The summed E-state index contributed by atoms with van der Waals surface area (Å²) in [5, 5.41) is 0. The van der Waals surface area contributed by atoms with Gasteiger partial charge >= 0.3 is 0 Å². The molecule has 31 heavy (non-hydrogen) atoms. The monoisotopic (exact) mass is 426 g/mol. The van der Waals surface area contributed by atoms with Crippen molar-refractivity contribution in [2.45, 2.75) is 45.6 Å². The highest BCUT2D eigenvalue weighted by molar-refractivity contribution is 5.94. The number of aromatic amines is 1. The third kappa shape index (κ3) is 4.11. The Morgan fingerprint density at radius 1 is 1.26 bits per heavy atom. The molecule has 0 aliphatic carbocycles. The molecule has 2 aromatic rings. The van der Waals surface area contributed by atoms with Crippen LogP contribution in [0.15, 0.2) is 29.1 Å². The molecule has 4 rings (SSSR count). The molecule has 2 aliphatic rings. The van der Waals surface area contributed by atoms with E-state index in [4.69, 9.17) is 0 Å². The second-order valence-corrected chi connectivity index (χ2v) is 8.41. The van der Waals surface area contributed by atoms with E-state index in [-0.39, 0.29) is 35.4 Å². The summed E-state index contributed by atoms with van der Waals surface area (Å²) in [4.78, 5) is 48.9. The molecule has 0 spiro atoms. The van der Waals surface area contributed by atoms with Gasteiger partial charge in [-0.15, -0.1) is 0 Å². The van der Waals surface area contributed by atoms with E-state index in [1.807, 2.05) is 18.7 Å². The van der Waals surface area contributed by atoms with Gasteiger partial charge in [0.1, 0.15) is 11.6 Å². The molecule has 2 atom stereocenters. The molecule has 1 fully saturated rings. The molecule has 0 saturated carbocycles. The Kier molecular flexibility index (Phi) is 5.89. The van der Waals surface area contributed by atoms with Crippen LogP contribution in [-0.2, 0) is 17.8 Å². The van der Waals surface area contributed by atoms with Crippen LogP contribution in [0.1, 0.15) is 60.0 Å². The van der Waals surface area contributed by atoms with Gasteiger partial charge in [-0.3, -0.25) is 14.4 Å². The van der Waals surface area contributed by atoms with Crippen LogP contribution in [0, 0.1) is 11.7 Å². The van der Waals surface area contributed by atoms with E-state index in [1.54, 1.807) is 12.1 Å². The van der Waals surface area contributed by atoms with E-state index in [0.29, 0.717) is 43.1 Å². The number of halogens is 1. The fraction of sp³-hybridized carbons (Fsp3) is 0.478. The first kappa shape index (κ1) is 21.2. The molecule has 8 heteroatoms. The molecule has 2 aliphatic heterocycles. The van der Waals surface area contributed by atoms with Crippen LogP contribution in [-0.4, -0.2) is 51.2 Å². The normalized spacial score (nSPS) is 19.3. The maximum absolute atomic E-state index is 14.1. The third-order valence-corrected chi connectivity index (χ3v) is 6.40. The zero-order valence-electron chi connectivity index (χ0n) is 17.9. The Morgan fingerprint density at radius 3 is 2.77 bits per heavy atom. The minimum Gasteiger partial charge on any atom is -0.342 e. The average Bonchev–Trinajstić information content (AvgIpc) is 3.28. The van der Waals surface area contributed by atoms with Gasteiger partial charge in [0.15, 0.2) is 0 Å².